The van der Waals surface area contributed by atoms with Crippen LogP contribution in [0.4, 0.5) is 11.4 Å². The van der Waals surface area contributed by atoms with Gasteiger partial charge in [-0.15, -0.1) is 0 Å². The van der Waals surface area contributed by atoms with Crippen LogP contribution in [0.2, 0.25) is 0 Å². The highest BCUT2D eigenvalue weighted by Gasteiger charge is 2.17. The van der Waals surface area contributed by atoms with Crippen molar-refractivity contribution < 1.29 is 14.3 Å². The van der Waals surface area contributed by atoms with Crippen LogP contribution in [0.1, 0.15) is 30.9 Å². The Kier molecular flexibility index (Phi) is 4.89. The average molecular weight is 326 g/mol. The van der Waals surface area contributed by atoms with Crippen molar-refractivity contribution in [1.29, 1.82) is 0 Å². The number of aryl methyl sites for hydroxylation is 1. The summed E-state index contributed by atoms with van der Waals surface area (Å²) in [5.74, 6) is 1.09. The van der Waals surface area contributed by atoms with Gasteiger partial charge in [-0.3, -0.25) is 4.79 Å². The molecule has 0 radical (unpaired) electrons. The largest absolute Gasteiger partial charge is 0.454 e. The molecule has 0 aliphatic carbocycles. The molecule has 1 heterocycles. The second-order valence-electron chi connectivity index (χ2n) is 5.94. The number of fused-ring (bicyclic) bond motifs is 1. The zero-order valence-corrected chi connectivity index (χ0v) is 13.8. The molecule has 3 N–H and O–H groups in total. The molecule has 24 heavy (non-hydrogen) atoms. The third-order valence-corrected chi connectivity index (χ3v) is 4.03. The quantitative estimate of drug-likeness (QED) is 0.797. The second kappa shape index (κ2) is 7.25. The number of benzene rings is 2. The number of nitrogens with one attached hydrogen (secondary N) is 1. The Bertz CT molecular complexity index is 726. The Balaban J connectivity index is 1.61. The molecule has 5 nitrogen and oxygen atoms in total. The van der Waals surface area contributed by atoms with E-state index in [1.165, 1.54) is 18.4 Å². The number of amides is 1. The zero-order valence-electron chi connectivity index (χ0n) is 13.8. The van der Waals surface area contributed by atoms with E-state index in [0.29, 0.717) is 29.3 Å². The predicted molar refractivity (Wildman–Crippen MR) is 94.4 cm³/mol. The van der Waals surface area contributed by atoms with Crippen LogP contribution in [0.25, 0.3) is 0 Å². The Labute approximate surface area is 141 Å². The minimum absolute atomic E-state index is 0.109. The first kappa shape index (κ1) is 16.2. The topological polar surface area (TPSA) is 73.6 Å². The number of hydrogen-bond donors (Lipinski definition) is 2. The Morgan fingerprint density at radius 1 is 1.12 bits per heavy atom. The highest BCUT2D eigenvalue weighted by Crippen LogP contribution is 2.38. The standard InChI is InChI=1S/C19H22N2O3/c1-2-3-4-13-5-7-14(8-6-13)9-19(22)21-16-11-18-17(10-15(16)20)23-12-24-18/h5-8,10-11H,2-4,9,12,20H2,1H3,(H,21,22). The van der Waals surface area contributed by atoms with Gasteiger partial charge in [-0.25, -0.2) is 0 Å². The Morgan fingerprint density at radius 3 is 2.50 bits per heavy atom. The average Bonchev–Trinajstić information content (AvgIpc) is 3.01. The third kappa shape index (κ3) is 3.79. The van der Waals surface area contributed by atoms with Crippen molar-refractivity contribution in [1.82, 2.24) is 0 Å². The predicted octanol–water partition coefficient (Wildman–Crippen LogP) is 3.52. The Hall–Kier alpha value is -2.69. The fourth-order valence-corrected chi connectivity index (χ4v) is 2.65. The van der Waals surface area contributed by atoms with E-state index in [4.69, 9.17) is 15.2 Å². The lowest BCUT2D eigenvalue weighted by molar-refractivity contribution is -0.115. The fraction of sp³-hybridized carbons (Fsp3) is 0.316. The highest BCUT2D eigenvalue weighted by atomic mass is 16.7. The summed E-state index contributed by atoms with van der Waals surface area (Å²) in [6, 6.07) is 11.6. The maximum atomic E-state index is 12.3. The molecule has 0 saturated heterocycles. The summed E-state index contributed by atoms with van der Waals surface area (Å²) in [7, 11) is 0. The van der Waals surface area contributed by atoms with Crippen molar-refractivity contribution in [2.24, 2.45) is 0 Å². The summed E-state index contributed by atoms with van der Waals surface area (Å²) < 4.78 is 10.6. The number of hydrogen-bond acceptors (Lipinski definition) is 4. The van der Waals surface area contributed by atoms with Gasteiger partial charge in [-0.05, 0) is 24.0 Å². The van der Waals surface area contributed by atoms with E-state index in [2.05, 4.69) is 24.4 Å². The van der Waals surface area contributed by atoms with Gasteiger partial charge in [0.15, 0.2) is 11.5 Å². The minimum Gasteiger partial charge on any atom is -0.454 e. The van der Waals surface area contributed by atoms with Gasteiger partial charge in [-0.1, -0.05) is 37.6 Å². The smallest absolute Gasteiger partial charge is 0.231 e. The second-order valence-corrected chi connectivity index (χ2v) is 5.94. The summed E-state index contributed by atoms with van der Waals surface area (Å²) >= 11 is 0. The van der Waals surface area contributed by atoms with Crippen LogP contribution in [0.3, 0.4) is 0 Å². The van der Waals surface area contributed by atoms with E-state index in [9.17, 15) is 4.79 Å². The van der Waals surface area contributed by atoms with Crippen molar-refractivity contribution in [3.63, 3.8) is 0 Å². The molecule has 0 aromatic heterocycles. The van der Waals surface area contributed by atoms with Gasteiger partial charge in [0.2, 0.25) is 12.7 Å². The first-order valence-electron chi connectivity index (χ1n) is 8.22. The van der Waals surface area contributed by atoms with Crippen LogP contribution in [-0.4, -0.2) is 12.7 Å². The molecule has 1 aliphatic rings. The number of anilines is 2. The molecule has 0 fully saturated rings. The third-order valence-electron chi connectivity index (χ3n) is 4.03. The van der Waals surface area contributed by atoms with Crippen molar-refractivity contribution in [3.05, 3.63) is 47.5 Å². The van der Waals surface area contributed by atoms with Crippen molar-refractivity contribution >= 4 is 17.3 Å². The molecule has 0 saturated carbocycles. The van der Waals surface area contributed by atoms with Gasteiger partial charge in [0.25, 0.3) is 0 Å². The maximum Gasteiger partial charge on any atom is 0.231 e. The maximum absolute atomic E-state index is 12.3. The molecule has 0 atom stereocenters. The minimum atomic E-state index is -0.109. The summed E-state index contributed by atoms with van der Waals surface area (Å²) in [6.45, 7) is 2.36. The van der Waals surface area contributed by atoms with E-state index < -0.39 is 0 Å². The summed E-state index contributed by atoms with van der Waals surface area (Å²) in [5, 5.41) is 2.84. The molecule has 1 aliphatic heterocycles. The number of rotatable bonds is 6. The first-order chi connectivity index (χ1) is 11.7. The molecule has 2 aromatic carbocycles. The van der Waals surface area contributed by atoms with Crippen molar-refractivity contribution in [2.45, 2.75) is 32.6 Å². The number of nitrogen functional groups attached to an aromatic ring is 1. The van der Waals surface area contributed by atoms with E-state index >= 15 is 0 Å². The molecule has 3 rings (SSSR count). The number of nitrogens with two attached hydrogens (primary N) is 1. The van der Waals surface area contributed by atoms with Gasteiger partial charge in [0.05, 0.1) is 17.8 Å². The molecule has 126 valence electrons. The Morgan fingerprint density at radius 2 is 1.79 bits per heavy atom. The van der Waals surface area contributed by atoms with Crippen LogP contribution in [-0.2, 0) is 17.6 Å². The van der Waals surface area contributed by atoms with Crippen molar-refractivity contribution in [2.75, 3.05) is 17.8 Å². The zero-order chi connectivity index (χ0) is 16.9. The summed E-state index contributed by atoms with van der Waals surface area (Å²) in [4.78, 5) is 12.3. The van der Waals surface area contributed by atoms with Crippen LogP contribution >= 0.6 is 0 Å². The number of carbonyl (C=O) groups excluding carboxylic acids is 1. The molecule has 2 aromatic rings. The van der Waals surface area contributed by atoms with Gasteiger partial charge in [0.1, 0.15) is 0 Å². The SMILES string of the molecule is CCCCc1ccc(CC(=O)Nc2cc3c(cc2N)OCO3)cc1. The van der Waals surface area contributed by atoms with Crippen LogP contribution in [0.5, 0.6) is 11.5 Å². The molecule has 0 spiro atoms. The van der Waals surface area contributed by atoms with Crippen LogP contribution < -0.4 is 20.5 Å². The lowest BCUT2D eigenvalue weighted by Crippen LogP contribution is -2.15. The van der Waals surface area contributed by atoms with E-state index in [1.54, 1.807) is 12.1 Å². The molecule has 0 unspecified atom stereocenters. The molecule has 0 bridgehead atoms. The van der Waals surface area contributed by atoms with E-state index in [-0.39, 0.29) is 12.7 Å². The van der Waals surface area contributed by atoms with E-state index in [1.807, 2.05) is 12.1 Å². The van der Waals surface area contributed by atoms with E-state index in [0.717, 1.165) is 12.0 Å². The lowest BCUT2D eigenvalue weighted by atomic mass is 10.0. The normalized spacial score (nSPS) is 12.2. The number of unbranched alkanes of at least 4 members (excludes halogenated alkanes) is 1. The van der Waals surface area contributed by atoms with Gasteiger partial charge < -0.3 is 20.5 Å². The molecular weight excluding hydrogens is 304 g/mol. The van der Waals surface area contributed by atoms with Crippen LogP contribution in [0, 0.1) is 0 Å². The summed E-state index contributed by atoms with van der Waals surface area (Å²) in [6.07, 6.45) is 3.75. The fourth-order valence-electron chi connectivity index (χ4n) is 2.65. The lowest BCUT2D eigenvalue weighted by Gasteiger charge is -2.10. The number of carbonyl (C=O) groups is 1. The van der Waals surface area contributed by atoms with Gasteiger partial charge in [0, 0.05) is 12.1 Å². The monoisotopic (exact) mass is 326 g/mol. The first-order valence-corrected chi connectivity index (χ1v) is 8.22. The van der Waals surface area contributed by atoms with Crippen molar-refractivity contribution in [3.8, 4) is 11.5 Å². The van der Waals surface area contributed by atoms with Gasteiger partial charge in [-0.2, -0.15) is 0 Å². The van der Waals surface area contributed by atoms with Gasteiger partial charge >= 0.3 is 0 Å². The van der Waals surface area contributed by atoms with Crippen LogP contribution in [0.15, 0.2) is 36.4 Å². The molecule has 5 heteroatoms. The molecule has 1 amide bonds. The number of ether oxygens (including phenoxy) is 2. The highest BCUT2D eigenvalue weighted by molar-refractivity contribution is 5.95. The summed E-state index contributed by atoms with van der Waals surface area (Å²) in [5.41, 5.74) is 9.24. The molecular formula is C19H22N2O3.